The number of carboxylic acids is 1. The van der Waals surface area contributed by atoms with Crippen LogP contribution in [0.25, 0.3) is 21.5 Å². The van der Waals surface area contributed by atoms with E-state index in [-0.39, 0.29) is 17.5 Å². The molecule has 8 nitrogen and oxygen atoms in total. The van der Waals surface area contributed by atoms with E-state index in [2.05, 4.69) is 27.4 Å². The van der Waals surface area contributed by atoms with Crippen LogP contribution in [0, 0.1) is 0 Å². The van der Waals surface area contributed by atoms with Crippen molar-refractivity contribution < 1.29 is 19.4 Å². The molecule has 9 heteroatoms. The van der Waals surface area contributed by atoms with Crippen molar-refractivity contribution in [3.63, 3.8) is 0 Å². The van der Waals surface area contributed by atoms with Crippen LogP contribution in [0.5, 0.6) is 5.75 Å². The van der Waals surface area contributed by atoms with Gasteiger partial charge in [0.25, 0.3) is 0 Å². The molecule has 0 fully saturated rings. The van der Waals surface area contributed by atoms with Crippen LogP contribution in [-0.2, 0) is 12.8 Å². The third-order valence-electron chi connectivity index (χ3n) is 7.27. The van der Waals surface area contributed by atoms with Gasteiger partial charge in [0.15, 0.2) is 16.6 Å². The molecule has 0 atom stereocenters. The first-order chi connectivity index (χ1) is 20.5. The van der Waals surface area contributed by atoms with Crippen LogP contribution in [0.2, 0.25) is 0 Å². The number of ether oxygens (including phenoxy) is 1. The van der Waals surface area contributed by atoms with Gasteiger partial charge in [0.2, 0.25) is 0 Å². The van der Waals surface area contributed by atoms with Gasteiger partial charge in [0, 0.05) is 17.8 Å². The van der Waals surface area contributed by atoms with Crippen LogP contribution in [0.4, 0.5) is 15.6 Å². The van der Waals surface area contributed by atoms with Crippen LogP contribution in [-0.4, -0.2) is 40.2 Å². The fourth-order valence-electron chi connectivity index (χ4n) is 5.17. The first-order valence-electron chi connectivity index (χ1n) is 14.0. The minimum atomic E-state index is -1.15. The number of carbonyl (C=O) groups excluding carboxylic acids is 1. The molecule has 42 heavy (non-hydrogen) atoms. The normalized spacial score (nSPS) is 12.9. The number of nitrogens with zero attached hydrogens (tertiary/aromatic N) is 3. The van der Waals surface area contributed by atoms with Crippen molar-refractivity contribution in [1.29, 1.82) is 0 Å². The summed E-state index contributed by atoms with van der Waals surface area (Å²) < 4.78 is 6.85. The molecule has 0 saturated carbocycles. The average molecular weight is 579 g/mol. The van der Waals surface area contributed by atoms with Gasteiger partial charge in [-0.2, -0.15) is 0 Å². The second kappa shape index (κ2) is 12.4. The predicted molar refractivity (Wildman–Crippen MR) is 166 cm³/mol. The van der Waals surface area contributed by atoms with E-state index >= 15 is 0 Å². The van der Waals surface area contributed by atoms with Crippen molar-refractivity contribution in [2.45, 2.75) is 32.1 Å². The molecule has 1 aliphatic heterocycles. The van der Waals surface area contributed by atoms with Crippen molar-refractivity contribution in [3.8, 4) is 17.0 Å². The SMILES string of the molecule is O=C(O)c1nc(-c2ccc3c(c2)N(C(=O)Nc2nc4ccccc4s2)CCCC3)ccc1OCCCc1ccccc1. The number of hydrogen-bond donors (Lipinski definition) is 2. The highest BCUT2D eigenvalue weighted by Crippen LogP contribution is 2.33. The minimum Gasteiger partial charge on any atom is -0.491 e. The van der Waals surface area contributed by atoms with Crippen molar-refractivity contribution in [3.05, 3.63) is 102 Å². The van der Waals surface area contributed by atoms with Gasteiger partial charge in [-0.1, -0.05) is 65.9 Å². The van der Waals surface area contributed by atoms with Crippen LogP contribution in [0.3, 0.4) is 0 Å². The molecule has 0 spiro atoms. The molecule has 2 amide bonds. The Kier molecular flexibility index (Phi) is 8.09. The predicted octanol–water partition coefficient (Wildman–Crippen LogP) is 7.44. The second-order valence-corrected chi connectivity index (χ2v) is 11.2. The number of carbonyl (C=O) groups is 2. The number of hydrogen-bond acceptors (Lipinski definition) is 6. The number of thiazole rings is 1. The second-order valence-electron chi connectivity index (χ2n) is 10.2. The van der Waals surface area contributed by atoms with Crippen molar-refractivity contribution in [2.24, 2.45) is 0 Å². The highest BCUT2D eigenvalue weighted by atomic mass is 32.1. The number of nitrogens with one attached hydrogen (secondary N) is 1. The van der Waals surface area contributed by atoms with Crippen molar-refractivity contribution in [1.82, 2.24) is 9.97 Å². The van der Waals surface area contributed by atoms with Crippen LogP contribution < -0.4 is 15.0 Å². The van der Waals surface area contributed by atoms with Gasteiger partial charge < -0.3 is 9.84 Å². The molecule has 212 valence electrons. The zero-order valence-corrected chi connectivity index (χ0v) is 23.8. The van der Waals surface area contributed by atoms with E-state index in [0.717, 1.165) is 59.1 Å². The highest BCUT2D eigenvalue weighted by Gasteiger charge is 2.24. The van der Waals surface area contributed by atoms with E-state index in [1.807, 2.05) is 60.7 Å². The quantitative estimate of drug-likeness (QED) is 0.185. The molecule has 5 aromatic rings. The van der Waals surface area contributed by atoms with Gasteiger partial charge >= 0.3 is 12.0 Å². The van der Waals surface area contributed by atoms with Crippen molar-refractivity contribution in [2.75, 3.05) is 23.4 Å². The number of aromatic nitrogens is 2. The Morgan fingerprint density at radius 3 is 2.62 bits per heavy atom. The lowest BCUT2D eigenvalue weighted by atomic mass is 10.0. The number of rotatable bonds is 8. The summed E-state index contributed by atoms with van der Waals surface area (Å²) in [5, 5.41) is 13.4. The molecule has 0 saturated heterocycles. The number of para-hydroxylation sites is 1. The Morgan fingerprint density at radius 2 is 1.79 bits per heavy atom. The smallest absolute Gasteiger partial charge is 0.358 e. The number of amides is 2. The average Bonchev–Trinajstić information content (AvgIpc) is 3.29. The first-order valence-corrected chi connectivity index (χ1v) is 14.9. The lowest BCUT2D eigenvalue weighted by Crippen LogP contribution is -2.35. The summed E-state index contributed by atoms with van der Waals surface area (Å²) in [6.45, 7) is 0.949. The monoisotopic (exact) mass is 578 g/mol. The van der Waals surface area contributed by atoms with Gasteiger partial charge in [-0.3, -0.25) is 10.2 Å². The first kappa shape index (κ1) is 27.4. The lowest BCUT2D eigenvalue weighted by Gasteiger charge is -2.23. The maximum atomic E-state index is 13.5. The van der Waals surface area contributed by atoms with E-state index in [4.69, 9.17) is 4.74 Å². The van der Waals surface area contributed by atoms with Crippen LogP contribution in [0.15, 0.2) is 84.9 Å². The Hall–Kier alpha value is -4.76. The fraction of sp³-hybridized carbons (Fsp3) is 0.212. The Balaban J connectivity index is 1.21. The third kappa shape index (κ3) is 6.11. The Morgan fingerprint density at radius 1 is 0.952 bits per heavy atom. The van der Waals surface area contributed by atoms with Crippen LogP contribution >= 0.6 is 11.3 Å². The highest BCUT2D eigenvalue weighted by molar-refractivity contribution is 7.22. The Bertz CT molecular complexity index is 1700. The number of pyridine rings is 1. The summed E-state index contributed by atoms with van der Waals surface area (Å²) in [5.74, 6) is -0.910. The van der Waals surface area contributed by atoms with E-state index < -0.39 is 5.97 Å². The maximum absolute atomic E-state index is 13.5. The molecule has 0 unspecified atom stereocenters. The van der Waals surface area contributed by atoms with E-state index in [1.54, 1.807) is 17.0 Å². The van der Waals surface area contributed by atoms with Gasteiger partial charge in [0.05, 0.1) is 22.5 Å². The number of aryl methyl sites for hydroxylation is 2. The molecule has 0 bridgehead atoms. The molecule has 0 aliphatic carbocycles. The number of carboxylic acid groups (broad SMARTS) is 1. The topological polar surface area (TPSA) is 105 Å². The molecule has 6 rings (SSSR count). The van der Waals surface area contributed by atoms with Gasteiger partial charge in [-0.25, -0.2) is 19.6 Å². The molecular formula is C33H30N4O4S. The number of urea groups is 1. The molecule has 1 aliphatic rings. The minimum absolute atomic E-state index is 0.132. The maximum Gasteiger partial charge on any atom is 0.358 e. The number of anilines is 2. The summed E-state index contributed by atoms with van der Waals surface area (Å²) in [6.07, 6.45) is 4.28. The largest absolute Gasteiger partial charge is 0.491 e. The molecule has 0 radical (unpaired) electrons. The number of aromatic carboxylic acids is 1. The van der Waals surface area contributed by atoms with Crippen molar-refractivity contribution >= 4 is 44.4 Å². The van der Waals surface area contributed by atoms with Gasteiger partial charge in [0.1, 0.15) is 0 Å². The van der Waals surface area contributed by atoms with E-state index in [9.17, 15) is 14.7 Å². The summed E-state index contributed by atoms with van der Waals surface area (Å²) >= 11 is 1.44. The molecular weight excluding hydrogens is 548 g/mol. The number of benzene rings is 3. The fourth-order valence-corrected chi connectivity index (χ4v) is 6.02. The van der Waals surface area contributed by atoms with Gasteiger partial charge in [-0.05, 0) is 73.6 Å². The third-order valence-corrected chi connectivity index (χ3v) is 8.23. The summed E-state index contributed by atoms with van der Waals surface area (Å²) in [6, 6.07) is 26.9. The molecule has 2 aromatic heterocycles. The lowest BCUT2D eigenvalue weighted by molar-refractivity contribution is 0.0685. The number of fused-ring (bicyclic) bond motifs is 2. The van der Waals surface area contributed by atoms with Crippen LogP contribution in [0.1, 0.15) is 40.9 Å². The summed E-state index contributed by atoms with van der Waals surface area (Å²) in [4.78, 5) is 36.4. The molecule has 2 N–H and O–H groups in total. The summed E-state index contributed by atoms with van der Waals surface area (Å²) in [7, 11) is 0. The molecule has 3 aromatic carbocycles. The Labute approximate surface area is 247 Å². The molecule has 3 heterocycles. The van der Waals surface area contributed by atoms with E-state index in [1.165, 1.54) is 16.9 Å². The van der Waals surface area contributed by atoms with Gasteiger partial charge in [-0.15, -0.1) is 0 Å². The zero-order valence-electron chi connectivity index (χ0n) is 23.0. The standard InChI is InChI=1S/C33H30N4O4S/c38-31(39)30-28(41-20-8-11-22-9-2-1-3-10-22)18-17-25(34-30)24-16-15-23-12-6-7-19-37(27(23)21-24)33(40)36-32-35-26-13-4-5-14-29(26)42-32/h1-5,9-10,13-18,21H,6-8,11-12,19-20H2,(H,38,39)(H,35,36,40). The van der Waals surface area contributed by atoms with E-state index in [0.29, 0.717) is 24.0 Å². The zero-order chi connectivity index (χ0) is 28.9. The summed E-state index contributed by atoms with van der Waals surface area (Å²) in [5.41, 5.74) is 5.01.